The number of nitrogens with zero attached hydrogens (tertiary/aromatic N) is 3. The zero-order valence-electron chi connectivity index (χ0n) is 10.3. The van der Waals surface area contributed by atoms with Gasteiger partial charge < -0.3 is 10.2 Å². The van der Waals surface area contributed by atoms with E-state index in [0.29, 0.717) is 22.9 Å². The average Bonchev–Trinajstić information content (AvgIpc) is 2.74. The van der Waals surface area contributed by atoms with Gasteiger partial charge in [-0.15, -0.1) is 0 Å². The quantitative estimate of drug-likeness (QED) is 0.699. The normalized spacial score (nSPS) is 11.0. The van der Waals surface area contributed by atoms with Crippen LogP contribution in [0.3, 0.4) is 0 Å². The van der Waals surface area contributed by atoms with Crippen molar-refractivity contribution in [3.8, 4) is 0 Å². The Labute approximate surface area is 108 Å². The van der Waals surface area contributed by atoms with Crippen LogP contribution in [0, 0.1) is 6.92 Å². The number of fused-ring (bicyclic) bond motifs is 1. The van der Waals surface area contributed by atoms with E-state index in [1.165, 1.54) is 17.0 Å². The van der Waals surface area contributed by atoms with Crippen LogP contribution in [0.5, 0.6) is 0 Å². The molecule has 0 atom stereocenters. The fourth-order valence-corrected chi connectivity index (χ4v) is 1.84. The summed E-state index contributed by atoms with van der Waals surface area (Å²) in [5.41, 5.74) is 8.18. The zero-order valence-corrected chi connectivity index (χ0v) is 10.3. The highest BCUT2D eigenvalue weighted by Crippen LogP contribution is 2.18. The Morgan fingerprint density at radius 1 is 1.37 bits per heavy atom. The first kappa shape index (κ1) is 11.5. The summed E-state index contributed by atoms with van der Waals surface area (Å²) in [5, 5.41) is 0. The second-order valence-corrected chi connectivity index (χ2v) is 4.33. The zero-order chi connectivity index (χ0) is 13.4. The Morgan fingerprint density at radius 3 is 3.00 bits per heavy atom. The van der Waals surface area contributed by atoms with E-state index in [-0.39, 0.29) is 12.1 Å². The molecule has 0 saturated heterocycles. The molecular weight excluding hydrogens is 244 g/mol. The van der Waals surface area contributed by atoms with Gasteiger partial charge in [-0.25, -0.2) is 9.97 Å². The van der Waals surface area contributed by atoms with Gasteiger partial charge in [-0.05, 0) is 19.1 Å². The van der Waals surface area contributed by atoms with Gasteiger partial charge in [-0.1, -0.05) is 0 Å². The minimum atomic E-state index is -0.130. The van der Waals surface area contributed by atoms with Crippen LogP contribution in [0.15, 0.2) is 39.8 Å². The van der Waals surface area contributed by atoms with Gasteiger partial charge in [-0.2, -0.15) is 0 Å². The van der Waals surface area contributed by atoms with Crippen LogP contribution >= 0.6 is 0 Å². The Hall–Kier alpha value is -2.63. The number of benzene rings is 1. The van der Waals surface area contributed by atoms with E-state index in [1.807, 2.05) is 0 Å². The number of hydrogen-bond donors (Lipinski definition) is 1. The van der Waals surface area contributed by atoms with Gasteiger partial charge in [0.2, 0.25) is 5.89 Å². The minimum absolute atomic E-state index is 0.130. The van der Waals surface area contributed by atoms with Gasteiger partial charge in [0.1, 0.15) is 12.1 Å². The van der Waals surface area contributed by atoms with Gasteiger partial charge in [0.25, 0.3) is 5.56 Å². The highest BCUT2D eigenvalue weighted by molar-refractivity contribution is 5.76. The molecule has 0 radical (unpaired) electrons. The summed E-state index contributed by atoms with van der Waals surface area (Å²) < 4.78 is 7.00. The molecule has 0 saturated carbocycles. The monoisotopic (exact) mass is 256 g/mol. The number of nitrogens with two attached hydrogens (primary N) is 1. The fraction of sp³-hybridized carbons (Fsp3) is 0.154. The molecule has 0 aliphatic rings. The van der Waals surface area contributed by atoms with Gasteiger partial charge in [0.05, 0.1) is 6.33 Å². The fourth-order valence-electron chi connectivity index (χ4n) is 1.84. The van der Waals surface area contributed by atoms with Crippen LogP contribution in [0.2, 0.25) is 0 Å². The highest BCUT2D eigenvalue weighted by atomic mass is 16.3. The van der Waals surface area contributed by atoms with Crippen LogP contribution in [0.25, 0.3) is 11.1 Å². The standard InChI is InChI=1S/C13H12N4O2/c1-8-4-13(18)17(7-15-8)6-12-16-10-3-2-9(14)5-11(10)19-12/h2-5,7H,6,14H2,1H3. The SMILES string of the molecule is Cc1cc(=O)n(Cc2nc3ccc(N)cc3o2)cn1. The Bertz CT molecular complexity index is 804. The summed E-state index contributed by atoms with van der Waals surface area (Å²) >= 11 is 0. The molecule has 1 aromatic carbocycles. The topological polar surface area (TPSA) is 86.9 Å². The molecule has 0 aliphatic heterocycles. The molecular formula is C13H12N4O2. The molecule has 0 amide bonds. The van der Waals surface area contributed by atoms with Crippen molar-refractivity contribution in [3.63, 3.8) is 0 Å². The molecule has 3 rings (SSSR count). The van der Waals surface area contributed by atoms with E-state index in [9.17, 15) is 4.79 Å². The maximum atomic E-state index is 11.7. The summed E-state index contributed by atoms with van der Waals surface area (Å²) in [4.78, 5) is 20.1. The first-order chi connectivity index (χ1) is 9.11. The molecule has 0 fully saturated rings. The molecule has 2 N–H and O–H groups in total. The third kappa shape index (κ3) is 2.20. The van der Waals surface area contributed by atoms with Crippen LogP contribution in [0.4, 0.5) is 5.69 Å². The van der Waals surface area contributed by atoms with E-state index in [0.717, 1.165) is 5.52 Å². The maximum absolute atomic E-state index is 11.7. The number of aromatic nitrogens is 3. The van der Waals surface area contributed by atoms with Crippen molar-refractivity contribution in [1.82, 2.24) is 14.5 Å². The molecule has 19 heavy (non-hydrogen) atoms. The lowest BCUT2D eigenvalue weighted by Crippen LogP contribution is -2.20. The number of anilines is 1. The van der Waals surface area contributed by atoms with E-state index in [1.54, 1.807) is 25.1 Å². The number of aryl methyl sites for hydroxylation is 1. The Morgan fingerprint density at radius 2 is 2.21 bits per heavy atom. The van der Waals surface area contributed by atoms with Gasteiger partial charge in [-0.3, -0.25) is 9.36 Å². The third-order valence-electron chi connectivity index (χ3n) is 2.78. The van der Waals surface area contributed by atoms with Crippen molar-refractivity contribution >= 4 is 16.8 Å². The first-order valence-electron chi connectivity index (χ1n) is 5.80. The van der Waals surface area contributed by atoms with E-state index < -0.39 is 0 Å². The highest BCUT2D eigenvalue weighted by Gasteiger charge is 2.07. The summed E-state index contributed by atoms with van der Waals surface area (Å²) in [7, 11) is 0. The predicted octanol–water partition coefficient (Wildman–Crippen LogP) is 1.32. The number of rotatable bonds is 2. The predicted molar refractivity (Wildman–Crippen MR) is 70.8 cm³/mol. The van der Waals surface area contributed by atoms with Crippen molar-refractivity contribution in [2.75, 3.05) is 5.73 Å². The number of hydrogen-bond acceptors (Lipinski definition) is 5. The third-order valence-corrected chi connectivity index (χ3v) is 2.78. The average molecular weight is 256 g/mol. The maximum Gasteiger partial charge on any atom is 0.253 e. The van der Waals surface area contributed by atoms with E-state index in [4.69, 9.17) is 10.2 Å². The molecule has 3 aromatic rings. The molecule has 6 nitrogen and oxygen atoms in total. The lowest BCUT2D eigenvalue weighted by atomic mass is 10.3. The van der Waals surface area contributed by atoms with E-state index in [2.05, 4.69) is 9.97 Å². The summed E-state index contributed by atoms with van der Waals surface area (Å²) in [6.07, 6.45) is 1.49. The van der Waals surface area contributed by atoms with Gasteiger partial charge in [0.15, 0.2) is 5.58 Å². The second kappa shape index (κ2) is 4.24. The molecule has 2 aromatic heterocycles. The number of oxazole rings is 1. The van der Waals surface area contributed by atoms with Crippen molar-refractivity contribution < 1.29 is 4.42 Å². The van der Waals surface area contributed by atoms with Crippen LogP contribution in [-0.4, -0.2) is 14.5 Å². The molecule has 0 unspecified atom stereocenters. The van der Waals surface area contributed by atoms with E-state index >= 15 is 0 Å². The summed E-state index contributed by atoms with van der Waals surface area (Å²) in [6, 6.07) is 6.73. The summed E-state index contributed by atoms with van der Waals surface area (Å²) in [5.74, 6) is 0.452. The molecule has 0 aliphatic carbocycles. The lowest BCUT2D eigenvalue weighted by molar-refractivity contribution is 0.501. The van der Waals surface area contributed by atoms with Crippen molar-refractivity contribution in [3.05, 3.63) is 52.5 Å². The smallest absolute Gasteiger partial charge is 0.253 e. The van der Waals surface area contributed by atoms with Crippen LogP contribution in [-0.2, 0) is 6.54 Å². The number of nitrogen functional groups attached to an aromatic ring is 1. The largest absolute Gasteiger partial charge is 0.439 e. The molecule has 96 valence electrons. The van der Waals surface area contributed by atoms with Crippen molar-refractivity contribution in [1.29, 1.82) is 0 Å². The lowest BCUT2D eigenvalue weighted by Gasteiger charge is -2.00. The Kier molecular flexibility index (Phi) is 2.56. The van der Waals surface area contributed by atoms with Crippen LogP contribution in [0.1, 0.15) is 11.6 Å². The van der Waals surface area contributed by atoms with Crippen LogP contribution < -0.4 is 11.3 Å². The molecule has 2 heterocycles. The second-order valence-electron chi connectivity index (χ2n) is 4.33. The molecule has 0 spiro atoms. The molecule has 0 bridgehead atoms. The molecule has 6 heteroatoms. The Balaban J connectivity index is 1.99. The minimum Gasteiger partial charge on any atom is -0.439 e. The van der Waals surface area contributed by atoms with Gasteiger partial charge in [0, 0.05) is 23.5 Å². The van der Waals surface area contributed by atoms with Crippen molar-refractivity contribution in [2.45, 2.75) is 13.5 Å². The first-order valence-corrected chi connectivity index (χ1v) is 5.80. The van der Waals surface area contributed by atoms with Crippen molar-refractivity contribution in [2.24, 2.45) is 0 Å². The van der Waals surface area contributed by atoms with Gasteiger partial charge >= 0.3 is 0 Å². The summed E-state index contributed by atoms with van der Waals surface area (Å²) in [6.45, 7) is 2.02.